The number of H-pyrrole nitrogens is 1. The Morgan fingerprint density at radius 3 is 2.74 bits per heavy atom. The molecule has 10 heteroatoms. The van der Waals surface area contributed by atoms with Crippen molar-refractivity contribution >= 4 is 45.7 Å². The van der Waals surface area contributed by atoms with Gasteiger partial charge in [0.25, 0.3) is 0 Å². The minimum Gasteiger partial charge on any atom is -0.508 e. The van der Waals surface area contributed by atoms with E-state index in [1.807, 2.05) is 6.92 Å². The highest BCUT2D eigenvalue weighted by Gasteiger charge is 2.33. The standard InChI is InChI=1S/C21H16F3N3O2S2/c1-2-30-20-26-19(29)18(31-20)15(11-4-6-17-13(7-11)10-25-27-17)8-12-3-5-14(28)9-16(12)21(22,23)24/h3-10,28-29H,2H2,1H3,(H,25,27). The van der Waals surface area contributed by atoms with E-state index in [0.717, 1.165) is 16.7 Å². The second-order valence-corrected chi connectivity index (χ2v) is 9.08. The summed E-state index contributed by atoms with van der Waals surface area (Å²) in [5.41, 5.74) is 0.658. The van der Waals surface area contributed by atoms with Crippen LogP contribution in [-0.2, 0) is 6.18 Å². The van der Waals surface area contributed by atoms with Gasteiger partial charge in [0.05, 0.1) is 22.2 Å². The van der Waals surface area contributed by atoms with E-state index >= 15 is 0 Å². The molecule has 0 aliphatic heterocycles. The summed E-state index contributed by atoms with van der Waals surface area (Å²) in [4.78, 5) is 4.50. The summed E-state index contributed by atoms with van der Waals surface area (Å²) in [6.45, 7) is 1.94. The minimum absolute atomic E-state index is 0.134. The lowest BCUT2D eigenvalue weighted by atomic mass is 9.97. The quantitative estimate of drug-likeness (QED) is 0.244. The molecule has 3 N–H and O–H groups in total. The highest BCUT2D eigenvalue weighted by molar-refractivity contribution is 8.01. The average Bonchev–Trinajstić information content (AvgIpc) is 3.32. The molecule has 2 aromatic heterocycles. The molecular formula is C21H16F3N3O2S2. The van der Waals surface area contributed by atoms with Crippen molar-refractivity contribution in [2.45, 2.75) is 17.4 Å². The Balaban J connectivity index is 1.95. The molecule has 4 rings (SSSR count). The molecule has 0 aliphatic carbocycles. The van der Waals surface area contributed by atoms with E-state index < -0.39 is 17.5 Å². The number of alkyl halides is 3. The van der Waals surface area contributed by atoms with E-state index in [1.54, 1.807) is 24.4 Å². The number of thiazole rings is 1. The summed E-state index contributed by atoms with van der Waals surface area (Å²) in [6.07, 6.45) is -1.69. The highest BCUT2D eigenvalue weighted by atomic mass is 32.2. The van der Waals surface area contributed by atoms with Gasteiger partial charge in [-0.25, -0.2) is 0 Å². The summed E-state index contributed by atoms with van der Waals surface area (Å²) in [7, 11) is 0. The van der Waals surface area contributed by atoms with Crippen LogP contribution in [-0.4, -0.2) is 31.1 Å². The fraction of sp³-hybridized carbons (Fsp3) is 0.143. The summed E-state index contributed by atoms with van der Waals surface area (Å²) >= 11 is 2.64. The van der Waals surface area contributed by atoms with Gasteiger partial charge in [0, 0.05) is 11.0 Å². The molecule has 5 nitrogen and oxygen atoms in total. The van der Waals surface area contributed by atoms with Crippen molar-refractivity contribution < 1.29 is 23.4 Å². The monoisotopic (exact) mass is 463 g/mol. The average molecular weight is 464 g/mol. The van der Waals surface area contributed by atoms with Crippen molar-refractivity contribution in [3.05, 3.63) is 64.2 Å². The van der Waals surface area contributed by atoms with E-state index in [9.17, 15) is 23.4 Å². The highest BCUT2D eigenvalue weighted by Crippen LogP contribution is 2.42. The van der Waals surface area contributed by atoms with Gasteiger partial charge in [-0.1, -0.05) is 30.8 Å². The molecule has 0 aliphatic rings. The van der Waals surface area contributed by atoms with E-state index in [-0.39, 0.29) is 11.4 Å². The second kappa shape index (κ2) is 8.27. The van der Waals surface area contributed by atoms with Crippen molar-refractivity contribution in [1.82, 2.24) is 15.2 Å². The molecule has 0 bridgehead atoms. The van der Waals surface area contributed by atoms with Crippen molar-refractivity contribution in [2.75, 3.05) is 5.75 Å². The molecule has 0 spiro atoms. The number of thioether (sulfide) groups is 1. The van der Waals surface area contributed by atoms with Gasteiger partial charge >= 0.3 is 6.18 Å². The van der Waals surface area contributed by atoms with E-state index in [1.165, 1.54) is 41.3 Å². The second-order valence-electron chi connectivity index (χ2n) is 6.56. The molecule has 0 amide bonds. The summed E-state index contributed by atoms with van der Waals surface area (Å²) < 4.78 is 41.5. The normalized spacial score (nSPS) is 12.6. The molecule has 2 aromatic carbocycles. The molecule has 0 radical (unpaired) electrons. The van der Waals surface area contributed by atoms with Crippen LogP contribution in [0.2, 0.25) is 0 Å². The van der Waals surface area contributed by atoms with Crippen LogP contribution in [0.15, 0.2) is 46.9 Å². The van der Waals surface area contributed by atoms with Crippen LogP contribution in [0.1, 0.15) is 28.5 Å². The summed E-state index contributed by atoms with van der Waals surface area (Å²) in [5, 5.41) is 27.7. The first-order valence-electron chi connectivity index (χ1n) is 9.14. The van der Waals surface area contributed by atoms with Crippen molar-refractivity contribution in [2.24, 2.45) is 0 Å². The maximum absolute atomic E-state index is 13.6. The van der Waals surface area contributed by atoms with E-state index in [2.05, 4.69) is 15.2 Å². The Morgan fingerprint density at radius 1 is 1.19 bits per heavy atom. The number of rotatable bonds is 5. The molecule has 0 saturated heterocycles. The van der Waals surface area contributed by atoms with Crippen LogP contribution in [0.25, 0.3) is 22.6 Å². The lowest BCUT2D eigenvalue weighted by molar-refractivity contribution is -0.137. The number of hydrogen-bond donors (Lipinski definition) is 3. The number of phenolic OH excluding ortho intramolecular Hbond substituents is 1. The minimum atomic E-state index is -4.66. The van der Waals surface area contributed by atoms with Gasteiger partial charge in [0.15, 0.2) is 4.34 Å². The number of aromatic nitrogens is 3. The smallest absolute Gasteiger partial charge is 0.417 e. The van der Waals surface area contributed by atoms with Gasteiger partial charge in [-0.3, -0.25) is 5.10 Å². The van der Waals surface area contributed by atoms with Crippen molar-refractivity contribution in [3.8, 4) is 11.6 Å². The van der Waals surface area contributed by atoms with Gasteiger partial charge in [-0.05, 0) is 47.2 Å². The first-order chi connectivity index (χ1) is 14.8. The Hall–Kier alpha value is -2.98. The zero-order chi connectivity index (χ0) is 22.2. The van der Waals surface area contributed by atoms with Crippen LogP contribution in [0.3, 0.4) is 0 Å². The van der Waals surface area contributed by atoms with Crippen LogP contribution in [0, 0.1) is 0 Å². The maximum atomic E-state index is 13.6. The van der Waals surface area contributed by atoms with E-state index in [0.29, 0.717) is 26.4 Å². The van der Waals surface area contributed by atoms with Crippen molar-refractivity contribution in [3.63, 3.8) is 0 Å². The zero-order valence-corrected chi connectivity index (χ0v) is 17.7. The van der Waals surface area contributed by atoms with Crippen molar-refractivity contribution in [1.29, 1.82) is 0 Å². The molecule has 4 aromatic rings. The molecule has 160 valence electrons. The third-order valence-electron chi connectivity index (χ3n) is 4.50. The Kier molecular flexibility index (Phi) is 5.67. The number of phenols is 1. The first kappa shape index (κ1) is 21.3. The van der Waals surface area contributed by atoms with Crippen LogP contribution in [0.4, 0.5) is 13.2 Å². The number of aromatic amines is 1. The molecule has 31 heavy (non-hydrogen) atoms. The first-order valence-corrected chi connectivity index (χ1v) is 10.9. The molecule has 0 atom stereocenters. The largest absolute Gasteiger partial charge is 0.508 e. The molecular weight excluding hydrogens is 447 g/mol. The maximum Gasteiger partial charge on any atom is 0.417 e. The lowest BCUT2D eigenvalue weighted by Crippen LogP contribution is -2.07. The number of aromatic hydroxyl groups is 2. The Labute approximate surface area is 183 Å². The Morgan fingerprint density at radius 2 is 2.00 bits per heavy atom. The van der Waals surface area contributed by atoms with Gasteiger partial charge in [0.2, 0.25) is 5.88 Å². The topological polar surface area (TPSA) is 82.0 Å². The lowest BCUT2D eigenvalue weighted by Gasteiger charge is -2.13. The number of benzene rings is 2. The predicted molar refractivity (Wildman–Crippen MR) is 116 cm³/mol. The third-order valence-corrected chi connectivity index (χ3v) is 6.60. The molecule has 0 saturated carbocycles. The number of nitrogens with zero attached hydrogens (tertiary/aromatic N) is 2. The van der Waals surface area contributed by atoms with Gasteiger partial charge in [-0.2, -0.15) is 23.3 Å². The number of halogens is 3. The van der Waals surface area contributed by atoms with Gasteiger partial charge in [0.1, 0.15) is 5.75 Å². The van der Waals surface area contributed by atoms with Crippen LogP contribution >= 0.6 is 23.1 Å². The van der Waals surface area contributed by atoms with Crippen LogP contribution < -0.4 is 0 Å². The fourth-order valence-electron chi connectivity index (χ4n) is 3.12. The number of hydrogen-bond acceptors (Lipinski definition) is 6. The molecule has 2 heterocycles. The predicted octanol–water partition coefficient (Wildman–Crippen LogP) is 6.15. The Bertz CT molecular complexity index is 1280. The fourth-order valence-corrected chi connectivity index (χ4v) is 5.08. The molecule has 0 unspecified atom stereocenters. The summed E-state index contributed by atoms with van der Waals surface area (Å²) in [5.74, 6) is 0.0164. The number of nitrogens with one attached hydrogen (secondary N) is 1. The number of fused-ring (bicyclic) bond motifs is 1. The molecule has 0 fully saturated rings. The van der Waals surface area contributed by atoms with Gasteiger partial charge < -0.3 is 10.2 Å². The van der Waals surface area contributed by atoms with Crippen LogP contribution in [0.5, 0.6) is 11.6 Å². The SMILES string of the molecule is CCSc1nc(O)c(C(=Cc2ccc(O)cc2C(F)(F)F)c2ccc3[nH]ncc3c2)s1. The zero-order valence-electron chi connectivity index (χ0n) is 16.1. The van der Waals surface area contributed by atoms with E-state index in [4.69, 9.17) is 0 Å². The van der Waals surface area contributed by atoms with Gasteiger partial charge in [-0.15, -0.1) is 11.3 Å². The third kappa shape index (κ3) is 4.40. The summed E-state index contributed by atoms with van der Waals surface area (Å²) in [6, 6.07) is 8.38.